The zero-order valence-corrected chi connectivity index (χ0v) is 17.1. The fraction of sp³-hybridized carbons (Fsp3) is 0.619. The number of aliphatic imine (C=N–C) groups is 1. The summed E-state index contributed by atoms with van der Waals surface area (Å²) in [6.07, 6.45) is 4.64. The fourth-order valence-corrected chi connectivity index (χ4v) is 3.35. The van der Waals surface area contributed by atoms with Crippen molar-refractivity contribution in [3.8, 4) is 0 Å². The zero-order chi connectivity index (χ0) is 19.5. The lowest BCUT2D eigenvalue weighted by atomic mass is 9.99. The van der Waals surface area contributed by atoms with Gasteiger partial charge in [0.25, 0.3) is 5.91 Å². The van der Waals surface area contributed by atoms with Gasteiger partial charge < -0.3 is 20.9 Å². The van der Waals surface area contributed by atoms with E-state index in [1.807, 2.05) is 24.3 Å². The van der Waals surface area contributed by atoms with Gasteiger partial charge >= 0.3 is 0 Å². The average Bonchev–Trinajstić information content (AvgIpc) is 2.70. The molecule has 0 aromatic heterocycles. The summed E-state index contributed by atoms with van der Waals surface area (Å²) in [4.78, 5) is 18.6. The van der Waals surface area contributed by atoms with Gasteiger partial charge in [-0.15, -0.1) is 0 Å². The molecular formula is C21H35N5O. The molecule has 1 amide bonds. The quantitative estimate of drug-likeness (QED) is 0.370. The van der Waals surface area contributed by atoms with Crippen molar-refractivity contribution in [1.29, 1.82) is 0 Å². The molecule has 0 atom stereocenters. The van der Waals surface area contributed by atoms with E-state index in [0.717, 1.165) is 49.9 Å². The smallest absolute Gasteiger partial charge is 0.251 e. The Bertz CT molecular complexity index is 608. The molecule has 27 heavy (non-hydrogen) atoms. The molecule has 1 heterocycles. The highest BCUT2D eigenvalue weighted by Gasteiger charge is 2.14. The van der Waals surface area contributed by atoms with Crippen LogP contribution < -0.4 is 16.0 Å². The Kier molecular flexibility index (Phi) is 9.11. The van der Waals surface area contributed by atoms with Gasteiger partial charge in [-0.05, 0) is 68.9 Å². The molecule has 3 N–H and O–H groups in total. The number of nitrogens with one attached hydrogen (secondary N) is 3. The number of carbonyl (C=O) groups is 1. The molecule has 0 saturated carbocycles. The lowest BCUT2D eigenvalue weighted by Crippen LogP contribution is -2.40. The van der Waals surface area contributed by atoms with Crippen LogP contribution in [0.4, 0.5) is 0 Å². The van der Waals surface area contributed by atoms with Gasteiger partial charge in [-0.25, -0.2) is 0 Å². The molecule has 0 bridgehead atoms. The summed E-state index contributed by atoms with van der Waals surface area (Å²) in [5.41, 5.74) is 1.84. The lowest BCUT2D eigenvalue weighted by Gasteiger charge is -2.30. The number of hydrogen-bond acceptors (Lipinski definition) is 3. The van der Waals surface area contributed by atoms with Crippen LogP contribution in [0, 0.1) is 5.92 Å². The van der Waals surface area contributed by atoms with E-state index in [-0.39, 0.29) is 5.91 Å². The largest absolute Gasteiger partial charge is 0.356 e. The first-order chi connectivity index (χ1) is 13.1. The standard InChI is InChI=1S/C21H35N5O/c1-17-9-14-26(15-10-17)13-5-11-24-21(23-3)25-12-8-18-6-4-7-19(16-18)20(27)22-2/h4,6-7,16-17H,5,8-15H2,1-3H3,(H,22,27)(H2,23,24,25). The van der Waals surface area contributed by atoms with Crippen molar-refractivity contribution in [2.75, 3.05) is 46.8 Å². The van der Waals surface area contributed by atoms with Crippen molar-refractivity contribution in [3.63, 3.8) is 0 Å². The minimum atomic E-state index is -0.0505. The van der Waals surface area contributed by atoms with E-state index >= 15 is 0 Å². The number of piperidine rings is 1. The molecule has 0 spiro atoms. The zero-order valence-electron chi connectivity index (χ0n) is 17.1. The highest BCUT2D eigenvalue weighted by Crippen LogP contribution is 2.15. The lowest BCUT2D eigenvalue weighted by molar-refractivity contribution is 0.0963. The Balaban J connectivity index is 1.63. The van der Waals surface area contributed by atoms with E-state index in [9.17, 15) is 4.79 Å². The third-order valence-electron chi connectivity index (χ3n) is 5.17. The van der Waals surface area contributed by atoms with E-state index < -0.39 is 0 Å². The maximum Gasteiger partial charge on any atom is 0.251 e. The van der Waals surface area contributed by atoms with Gasteiger partial charge in [0, 0.05) is 32.7 Å². The van der Waals surface area contributed by atoms with Crippen LogP contribution in [0.1, 0.15) is 42.1 Å². The van der Waals surface area contributed by atoms with Crippen molar-refractivity contribution in [1.82, 2.24) is 20.9 Å². The molecule has 6 heteroatoms. The summed E-state index contributed by atoms with van der Waals surface area (Å²) in [6.45, 7) is 7.69. The van der Waals surface area contributed by atoms with Crippen molar-refractivity contribution in [2.24, 2.45) is 10.9 Å². The Morgan fingerprint density at radius 1 is 1.22 bits per heavy atom. The van der Waals surface area contributed by atoms with Crippen molar-refractivity contribution in [2.45, 2.75) is 32.6 Å². The van der Waals surface area contributed by atoms with Crippen LogP contribution in [0.25, 0.3) is 0 Å². The van der Waals surface area contributed by atoms with Crippen LogP contribution >= 0.6 is 0 Å². The number of benzene rings is 1. The number of amides is 1. The van der Waals surface area contributed by atoms with Gasteiger partial charge in [0.05, 0.1) is 0 Å². The number of nitrogens with zero attached hydrogens (tertiary/aromatic N) is 2. The summed E-state index contributed by atoms with van der Waals surface area (Å²) >= 11 is 0. The van der Waals surface area contributed by atoms with Crippen LogP contribution in [0.2, 0.25) is 0 Å². The number of carbonyl (C=O) groups excluding carboxylic acids is 1. The van der Waals surface area contributed by atoms with E-state index in [1.165, 1.54) is 25.9 Å². The molecule has 2 rings (SSSR count). The van der Waals surface area contributed by atoms with Gasteiger partial charge in [-0.2, -0.15) is 0 Å². The molecule has 0 radical (unpaired) electrons. The summed E-state index contributed by atoms with van der Waals surface area (Å²) in [6, 6.07) is 7.74. The Labute approximate surface area is 163 Å². The van der Waals surface area contributed by atoms with Gasteiger partial charge in [-0.1, -0.05) is 19.1 Å². The fourth-order valence-electron chi connectivity index (χ4n) is 3.35. The second-order valence-electron chi connectivity index (χ2n) is 7.33. The first-order valence-electron chi connectivity index (χ1n) is 10.1. The highest BCUT2D eigenvalue weighted by molar-refractivity contribution is 5.94. The van der Waals surface area contributed by atoms with Gasteiger partial charge in [0.15, 0.2) is 5.96 Å². The third-order valence-corrected chi connectivity index (χ3v) is 5.17. The van der Waals surface area contributed by atoms with Crippen LogP contribution in [0.15, 0.2) is 29.3 Å². The molecule has 1 fully saturated rings. The van der Waals surface area contributed by atoms with Crippen LogP contribution in [-0.4, -0.2) is 63.6 Å². The summed E-state index contributed by atoms with van der Waals surface area (Å²) in [5.74, 6) is 1.68. The van der Waals surface area contributed by atoms with Gasteiger partial charge in [0.2, 0.25) is 0 Å². The summed E-state index contributed by atoms with van der Waals surface area (Å²) in [5, 5.41) is 9.40. The second-order valence-corrected chi connectivity index (χ2v) is 7.33. The van der Waals surface area contributed by atoms with E-state index in [2.05, 4.69) is 32.8 Å². The molecule has 1 saturated heterocycles. The van der Waals surface area contributed by atoms with Gasteiger partial charge in [0.1, 0.15) is 0 Å². The third kappa shape index (κ3) is 7.59. The molecule has 0 unspecified atom stereocenters. The van der Waals surface area contributed by atoms with Crippen molar-refractivity contribution in [3.05, 3.63) is 35.4 Å². The molecule has 0 aliphatic carbocycles. The van der Waals surface area contributed by atoms with E-state index in [0.29, 0.717) is 5.56 Å². The van der Waals surface area contributed by atoms with Crippen molar-refractivity contribution < 1.29 is 4.79 Å². The van der Waals surface area contributed by atoms with Gasteiger partial charge in [-0.3, -0.25) is 9.79 Å². The molecule has 150 valence electrons. The average molecular weight is 374 g/mol. The normalized spacial score (nSPS) is 16.2. The SMILES string of the molecule is CN=C(NCCCN1CCC(C)CC1)NCCc1cccc(C(=O)NC)c1. The molecule has 1 aliphatic rings. The van der Waals surface area contributed by atoms with Crippen LogP contribution in [-0.2, 0) is 6.42 Å². The molecule has 1 aliphatic heterocycles. The van der Waals surface area contributed by atoms with Crippen LogP contribution in [0.5, 0.6) is 0 Å². The van der Waals surface area contributed by atoms with E-state index in [4.69, 9.17) is 0 Å². The number of guanidine groups is 1. The van der Waals surface area contributed by atoms with Crippen molar-refractivity contribution >= 4 is 11.9 Å². The molecule has 1 aromatic rings. The Morgan fingerprint density at radius 2 is 1.96 bits per heavy atom. The minimum Gasteiger partial charge on any atom is -0.356 e. The number of rotatable bonds is 8. The molecule has 1 aromatic carbocycles. The van der Waals surface area contributed by atoms with Crippen LogP contribution in [0.3, 0.4) is 0 Å². The summed E-state index contributed by atoms with van der Waals surface area (Å²) < 4.78 is 0. The molecule has 6 nitrogen and oxygen atoms in total. The Hall–Kier alpha value is -2.08. The summed E-state index contributed by atoms with van der Waals surface area (Å²) in [7, 11) is 3.45. The number of hydrogen-bond donors (Lipinski definition) is 3. The topological polar surface area (TPSA) is 68.8 Å². The Morgan fingerprint density at radius 3 is 2.67 bits per heavy atom. The first kappa shape index (κ1) is 21.2. The maximum atomic E-state index is 11.7. The first-order valence-corrected chi connectivity index (χ1v) is 10.1. The highest BCUT2D eigenvalue weighted by atomic mass is 16.1. The van der Waals surface area contributed by atoms with E-state index in [1.54, 1.807) is 14.1 Å². The predicted molar refractivity (Wildman–Crippen MR) is 112 cm³/mol. The predicted octanol–water partition coefficient (Wildman–Crippen LogP) is 1.88. The monoisotopic (exact) mass is 373 g/mol. The second kappa shape index (κ2) is 11.6. The number of likely N-dealkylation sites (tertiary alicyclic amines) is 1. The minimum absolute atomic E-state index is 0.0505. The molecular weight excluding hydrogens is 338 g/mol. The maximum absolute atomic E-state index is 11.7.